The lowest BCUT2D eigenvalue weighted by atomic mass is 10.5. The maximum Gasteiger partial charge on any atom is 0.209 e. The zero-order chi connectivity index (χ0) is 12.1. The van der Waals surface area contributed by atoms with Crippen LogP contribution in [-0.2, 0) is 12.3 Å². The third-order valence-corrected chi connectivity index (χ3v) is 4.86. The average molecular weight is 334 g/mol. The van der Waals surface area contributed by atoms with Crippen molar-refractivity contribution in [2.24, 2.45) is 0 Å². The van der Waals surface area contributed by atoms with Gasteiger partial charge >= 0.3 is 0 Å². The first-order chi connectivity index (χ1) is 8.29. The summed E-state index contributed by atoms with van der Waals surface area (Å²) in [5, 5.41) is 15.6. The molecule has 0 atom stereocenters. The van der Waals surface area contributed by atoms with Gasteiger partial charge in [0.1, 0.15) is 0 Å². The molecule has 0 aliphatic rings. The lowest BCUT2D eigenvalue weighted by molar-refractivity contribution is 0.530. The van der Waals surface area contributed by atoms with Crippen molar-refractivity contribution in [3.63, 3.8) is 0 Å². The van der Waals surface area contributed by atoms with E-state index in [9.17, 15) is 0 Å². The van der Waals surface area contributed by atoms with Gasteiger partial charge in [-0.05, 0) is 45.5 Å². The fourth-order valence-electron chi connectivity index (χ4n) is 1.22. The number of halogens is 1. The smallest absolute Gasteiger partial charge is 0.209 e. The van der Waals surface area contributed by atoms with Crippen LogP contribution in [0.5, 0.6) is 0 Å². The van der Waals surface area contributed by atoms with Crippen LogP contribution in [0, 0.1) is 0 Å². The standard InChI is InChI=1S/C9H12BrN5S2/c1-11-4-5-15-9(12-13-14-15)16-6-7-2-3-8(10)17-7/h2-3,11H,4-6H2,1H3. The molecule has 1 N–H and O–H groups in total. The molecule has 2 heterocycles. The largest absolute Gasteiger partial charge is 0.318 e. The van der Waals surface area contributed by atoms with Crippen LogP contribution >= 0.6 is 39.0 Å². The molecule has 0 spiro atoms. The molecule has 0 fully saturated rings. The van der Waals surface area contributed by atoms with Gasteiger partial charge in [-0.25, -0.2) is 4.68 Å². The van der Waals surface area contributed by atoms with Crippen molar-refractivity contribution in [3.8, 4) is 0 Å². The van der Waals surface area contributed by atoms with E-state index < -0.39 is 0 Å². The van der Waals surface area contributed by atoms with Gasteiger partial charge in [0, 0.05) is 17.2 Å². The lowest BCUT2D eigenvalue weighted by Crippen LogP contribution is -2.16. The Morgan fingerprint density at radius 2 is 2.41 bits per heavy atom. The summed E-state index contributed by atoms with van der Waals surface area (Å²) in [6.45, 7) is 1.66. The minimum absolute atomic E-state index is 0.792. The molecule has 5 nitrogen and oxygen atoms in total. The number of nitrogens with one attached hydrogen (secondary N) is 1. The highest BCUT2D eigenvalue weighted by atomic mass is 79.9. The van der Waals surface area contributed by atoms with Gasteiger partial charge in [-0.3, -0.25) is 0 Å². The Balaban J connectivity index is 1.92. The van der Waals surface area contributed by atoms with Crippen molar-refractivity contribution in [3.05, 3.63) is 20.8 Å². The predicted octanol–water partition coefficient (Wildman–Crippen LogP) is 2.01. The van der Waals surface area contributed by atoms with Crippen LogP contribution in [0.4, 0.5) is 0 Å². The van der Waals surface area contributed by atoms with E-state index in [1.165, 1.54) is 4.88 Å². The van der Waals surface area contributed by atoms with E-state index in [0.717, 1.165) is 27.8 Å². The van der Waals surface area contributed by atoms with Gasteiger partial charge in [-0.15, -0.1) is 16.4 Å². The summed E-state index contributed by atoms with van der Waals surface area (Å²) >= 11 is 6.85. The van der Waals surface area contributed by atoms with E-state index in [1.54, 1.807) is 23.1 Å². The number of thioether (sulfide) groups is 1. The molecule has 8 heteroatoms. The van der Waals surface area contributed by atoms with E-state index in [2.05, 4.69) is 48.9 Å². The van der Waals surface area contributed by atoms with Gasteiger partial charge in [0.15, 0.2) is 0 Å². The van der Waals surface area contributed by atoms with Crippen LogP contribution in [-0.4, -0.2) is 33.8 Å². The molecule has 0 aliphatic carbocycles. The van der Waals surface area contributed by atoms with Crippen molar-refractivity contribution in [2.45, 2.75) is 17.5 Å². The lowest BCUT2D eigenvalue weighted by Gasteiger charge is -2.02. The molecular weight excluding hydrogens is 322 g/mol. The number of thiophene rings is 1. The molecule has 0 saturated heterocycles. The summed E-state index contributed by atoms with van der Waals surface area (Å²) in [5.41, 5.74) is 0. The quantitative estimate of drug-likeness (QED) is 0.819. The van der Waals surface area contributed by atoms with Gasteiger partial charge < -0.3 is 5.32 Å². The van der Waals surface area contributed by atoms with Gasteiger partial charge in [0.2, 0.25) is 5.16 Å². The van der Waals surface area contributed by atoms with Gasteiger partial charge in [-0.1, -0.05) is 11.8 Å². The SMILES string of the molecule is CNCCn1nnnc1SCc1ccc(Br)s1. The summed E-state index contributed by atoms with van der Waals surface area (Å²) < 4.78 is 2.98. The molecule has 2 rings (SSSR count). The number of aromatic nitrogens is 4. The zero-order valence-electron chi connectivity index (χ0n) is 9.26. The van der Waals surface area contributed by atoms with Crippen LogP contribution < -0.4 is 5.32 Å². The van der Waals surface area contributed by atoms with Crippen LogP contribution in [0.3, 0.4) is 0 Å². The second kappa shape index (κ2) is 6.48. The maximum absolute atomic E-state index is 4.02. The van der Waals surface area contributed by atoms with Crippen molar-refractivity contribution < 1.29 is 0 Å². The van der Waals surface area contributed by atoms with E-state index in [4.69, 9.17) is 0 Å². The van der Waals surface area contributed by atoms with E-state index in [-0.39, 0.29) is 0 Å². The van der Waals surface area contributed by atoms with E-state index in [1.807, 2.05) is 11.7 Å². The molecular formula is C9H12BrN5S2. The van der Waals surface area contributed by atoms with Crippen LogP contribution in [0.15, 0.2) is 21.1 Å². The highest BCUT2D eigenvalue weighted by Gasteiger charge is 2.07. The average Bonchev–Trinajstić information content (AvgIpc) is 2.92. The summed E-state index contributed by atoms with van der Waals surface area (Å²) in [4.78, 5) is 1.31. The van der Waals surface area contributed by atoms with Crippen molar-refractivity contribution in [1.82, 2.24) is 25.5 Å². The summed E-state index contributed by atoms with van der Waals surface area (Å²) in [6.07, 6.45) is 0. The van der Waals surface area contributed by atoms with E-state index in [0.29, 0.717) is 0 Å². The summed E-state index contributed by atoms with van der Waals surface area (Å²) in [6, 6.07) is 4.17. The first-order valence-electron chi connectivity index (χ1n) is 5.07. The molecule has 0 saturated carbocycles. The number of likely N-dealkylation sites (N-methyl/N-ethyl adjacent to an activating group) is 1. The minimum Gasteiger partial charge on any atom is -0.318 e. The topological polar surface area (TPSA) is 55.6 Å². The molecule has 0 bridgehead atoms. The number of rotatable bonds is 6. The third kappa shape index (κ3) is 3.77. The van der Waals surface area contributed by atoms with Crippen LogP contribution in [0.2, 0.25) is 0 Å². The molecule has 2 aromatic heterocycles. The Morgan fingerprint density at radius 3 is 3.12 bits per heavy atom. The monoisotopic (exact) mass is 333 g/mol. The number of tetrazole rings is 1. The first-order valence-corrected chi connectivity index (χ1v) is 7.67. The normalized spacial score (nSPS) is 10.9. The molecule has 0 radical (unpaired) electrons. The van der Waals surface area contributed by atoms with Crippen LogP contribution in [0.25, 0.3) is 0 Å². The first kappa shape index (κ1) is 13.0. The van der Waals surface area contributed by atoms with E-state index >= 15 is 0 Å². The fraction of sp³-hybridized carbons (Fsp3) is 0.444. The van der Waals surface area contributed by atoms with Crippen molar-refractivity contribution >= 4 is 39.0 Å². The van der Waals surface area contributed by atoms with Gasteiger partial charge in [0.05, 0.1) is 10.3 Å². The highest BCUT2D eigenvalue weighted by Crippen LogP contribution is 2.27. The Hall–Kier alpha value is -0.440. The van der Waals surface area contributed by atoms with Crippen molar-refractivity contribution in [2.75, 3.05) is 13.6 Å². The Labute approximate surface area is 116 Å². The Kier molecular flexibility index (Phi) is 4.96. The zero-order valence-corrected chi connectivity index (χ0v) is 12.5. The van der Waals surface area contributed by atoms with Crippen molar-refractivity contribution in [1.29, 1.82) is 0 Å². The summed E-state index contributed by atoms with van der Waals surface area (Å²) in [7, 11) is 1.92. The molecule has 0 amide bonds. The molecule has 17 heavy (non-hydrogen) atoms. The molecule has 2 aromatic rings. The van der Waals surface area contributed by atoms with Crippen LogP contribution in [0.1, 0.15) is 4.88 Å². The van der Waals surface area contributed by atoms with Gasteiger partial charge in [-0.2, -0.15) is 0 Å². The minimum atomic E-state index is 0.792. The Bertz CT molecular complexity index is 469. The molecule has 0 aromatic carbocycles. The predicted molar refractivity (Wildman–Crippen MR) is 73.3 cm³/mol. The second-order valence-corrected chi connectivity index (χ2v) is 6.77. The number of hydrogen-bond donors (Lipinski definition) is 1. The Morgan fingerprint density at radius 1 is 1.53 bits per heavy atom. The highest BCUT2D eigenvalue weighted by molar-refractivity contribution is 9.11. The second-order valence-electron chi connectivity index (χ2n) is 3.28. The third-order valence-electron chi connectivity index (χ3n) is 2.05. The van der Waals surface area contributed by atoms with Gasteiger partial charge in [0.25, 0.3) is 0 Å². The molecule has 0 unspecified atom stereocenters. The number of hydrogen-bond acceptors (Lipinski definition) is 6. The molecule has 0 aliphatic heterocycles. The fourth-order valence-corrected chi connectivity index (χ4v) is 3.65. The maximum atomic E-state index is 4.02. The number of nitrogens with zero attached hydrogens (tertiary/aromatic N) is 4. The summed E-state index contributed by atoms with van der Waals surface area (Å²) in [5.74, 6) is 0.899. The molecule has 92 valence electrons.